The van der Waals surface area contributed by atoms with Crippen molar-refractivity contribution in [3.05, 3.63) is 0 Å². The number of fused-ring (bicyclic) bond motifs is 2. The van der Waals surface area contributed by atoms with Gasteiger partial charge in [0.1, 0.15) is 10.1 Å². The molecular weight excluding hydrogens is 307 g/mol. The molecule has 0 heterocycles. The predicted molar refractivity (Wildman–Crippen MR) is 84.8 cm³/mol. The molecule has 0 aromatic carbocycles. The molecule has 2 aliphatic rings. The molecule has 0 N–H and O–H groups in total. The molecule has 0 amide bonds. The fourth-order valence-electron chi connectivity index (χ4n) is 7.13. The van der Waals surface area contributed by atoms with Crippen LogP contribution in [0.25, 0.3) is 0 Å². The molecule has 2 fully saturated rings. The molecule has 2 bridgehead atoms. The van der Waals surface area contributed by atoms with Gasteiger partial charge in [-0.05, 0) is 39.9 Å². The van der Waals surface area contributed by atoms with Crippen molar-refractivity contribution >= 4 is 10.1 Å². The summed E-state index contributed by atoms with van der Waals surface area (Å²) in [5.41, 5.74) is -1.41. The van der Waals surface area contributed by atoms with Crippen LogP contribution in [0.15, 0.2) is 0 Å². The van der Waals surface area contributed by atoms with Crippen molar-refractivity contribution in [1.82, 2.24) is 0 Å². The van der Waals surface area contributed by atoms with Crippen LogP contribution in [-0.4, -0.2) is 17.7 Å². The van der Waals surface area contributed by atoms with E-state index in [1.165, 1.54) is 0 Å². The first-order valence-corrected chi connectivity index (χ1v) is 9.27. The van der Waals surface area contributed by atoms with E-state index < -0.39 is 20.3 Å². The minimum Gasteiger partial charge on any atom is -0.748 e. The van der Waals surface area contributed by atoms with Gasteiger partial charge in [-0.1, -0.05) is 62.3 Å². The molecule has 22 heavy (non-hydrogen) atoms. The second-order valence-corrected chi connectivity index (χ2v) is 11.2. The molecule has 4 unspecified atom stereocenters. The van der Waals surface area contributed by atoms with Crippen molar-refractivity contribution in [2.24, 2.45) is 33.0 Å². The quantitative estimate of drug-likeness (QED) is 0.530. The molecule has 4 atom stereocenters. The molecule has 124 valence electrons. The molecule has 2 saturated carbocycles. The van der Waals surface area contributed by atoms with Crippen LogP contribution in [0.3, 0.4) is 0 Å². The Morgan fingerprint density at radius 3 is 1.41 bits per heavy atom. The molecule has 2 rings (SSSR count). The molecule has 0 saturated heterocycles. The van der Waals surface area contributed by atoms with Gasteiger partial charge in [0.25, 0.3) is 0 Å². The van der Waals surface area contributed by atoms with Crippen LogP contribution in [-0.2, 0) is 10.1 Å². The fraction of sp³-hybridized carbons (Fsp3) is 1.00. The van der Waals surface area contributed by atoms with Crippen molar-refractivity contribution in [2.45, 2.75) is 74.0 Å². The Morgan fingerprint density at radius 1 is 0.773 bits per heavy atom. The van der Waals surface area contributed by atoms with E-state index in [2.05, 4.69) is 48.5 Å². The van der Waals surface area contributed by atoms with Gasteiger partial charge in [0.05, 0.1) is 4.75 Å². The summed E-state index contributed by atoms with van der Waals surface area (Å²) < 4.78 is 35.7. The summed E-state index contributed by atoms with van der Waals surface area (Å²) in [4.78, 5) is 0. The first-order chi connectivity index (χ1) is 8.90. The Morgan fingerprint density at radius 2 is 1.14 bits per heavy atom. The minimum atomic E-state index is -4.42. The standard InChI is InChI=1S/C17H32O3S.Na/c1-11-15(8)12(2,3)13(4,5)17(10,14(15,6)7)16(11,9)21(18,19)20;/h11H,1-10H3,(H,18,19,20);/q;+1/p-1. The van der Waals surface area contributed by atoms with E-state index in [9.17, 15) is 13.0 Å². The first-order valence-electron chi connectivity index (χ1n) is 7.86. The van der Waals surface area contributed by atoms with E-state index in [0.29, 0.717) is 0 Å². The second-order valence-electron chi connectivity index (χ2n) is 9.49. The fourth-order valence-corrected chi connectivity index (χ4v) is 8.81. The van der Waals surface area contributed by atoms with Crippen LogP contribution >= 0.6 is 0 Å². The topological polar surface area (TPSA) is 57.2 Å². The van der Waals surface area contributed by atoms with Gasteiger partial charge in [0, 0.05) is 0 Å². The molecule has 2 aliphatic carbocycles. The average molecular weight is 338 g/mol. The van der Waals surface area contributed by atoms with Crippen LogP contribution in [0.4, 0.5) is 0 Å². The molecule has 5 heteroatoms. The third kappa shape index (κ3) is 1.44. The van der Waals surface area contributed by atoms with E-state index in [0.717, 1.165) is 0 Å². The number of hydrogen-bond acceptors (Lipinski definition) is 3. The monoisotopic (exact) mass is 338 g/mol. The zero-order chi connectivity index (χ0) is 17.1. The Bertz CT molecular complexity index is 607. The van der Waals surface area contributed by atoms with Gasteiger partial charge in [-0.3, -0.25) is 0 Å². The van der Waals surface area contributed by atoms with E-state index in [1.54, 1.807) is 6.92 Å². The molecule has 0 aromatic rings. The van der Waals surface area contributed by atoms with E-state index in [-0.39, 0.29) is 57.1 Å². The normalized spacial score (nSPS) is 48.0. The molecule has 0 spiro atoms. The third-order valence-corrected chi connectivity index (χ3v) is 11.7. The van der Waals surface area contributed by atoms with Gasteiger partial charge < -0.3 is 4.55 Å². The number of hydrogen-bond donors (Lipinski definition) is 0. The summed E-state index contributed by atoms with van der Waals surface area (Å²) in [5.74, 6) is -0.185. The summed E-state index contributed by atoms with van der Waals surface area (Å²) in [6.45, 7) is 21.0. The van der Waals surface area contributed by atoms with Gasteiger partial charge in [0.15, 0.2) is 0 Å². The zero-order valence-corrected chi connectivity index (χ0v) is 19.0. The Kier molecular flexibility index (Phi) is 4.33. The molecular formula is C17H31NaO3S. The van der Waals surface area contributed by atoms with E-state index in [1.807, 2.05) is 13.8 Å². The van der Waals surface area contributed by atoms with Crippen molar-refractivity contribution in [1.29, 1.82) is 0 Å². The van der Waals surface area contributed by atoms with Crippen LogP contribution in [0, 0.1) is 33.0 Å². The minimum absolute atomic E-state index is 0. The summed E-state index contributed by atoms with van der Waals surface area (Å²) in [5, 5.41) is 0. The first kappa shape index (κ1) is 21.0. The van der Waals surface area contributed by atoms with Gasteiger partial charge in [-0.2, -0.15) is 0 Å². The zero-order valence-electron chi connectivity index (χ0n) is 16.2. The van der Waals surface area contributed by atoms with Crippen molar-refractivity contribution < 1.29 is 42.5 Å². The van der Waals surface area contributed by atoms with Crippen LogP contribution in [0.5, 0.6) is 0 Å². The summed E-state index contributed by atoms with van der Waals surface area (Å²) >= 11 is 0. The largest absolute Gasteiger partial charge is 1.00 e. The predicted octanol–water partition coefficient (Wildman–Crippen LogP) is 1.05. The summed E-state index contributed by atoms with van der Waals surface area (Å²) in [7, 11) is -4.42. The SMILES string of the molecule is CC1C2(C)C(C)(C)C(C)(C)C(C)(C2(C)C)C1(C)S(=O)(=O)[O-].[Na+]. The van der Waals surface area contributed by atoms with Crippen molar-refractivity contribution in [2.75, 3.05) is 0 Å². The van der Waals surface area contributed by atoms with Crippen LogP contribution < -0.4 is 29.6 Å². The Balaban J connectivity index is 0.00000242. The van der Waals surface area contributed by atoms with E-state index in [4.69, 9.17) is 0 Å². The molecule has 0 aliphatic heterocycles. The molecule has 0 aromatic heterocycles. The Labute approximate surface area is 159 Å². The van der Waals surface area contributed by atoms with Gasteiger partial charge >= 0.3 is 29.6 Å². The van der Waals surface area contributed by atoms with Crippen LogP contribution in [0.1, 0.15) is 69.2 Å². The van der Waals surface area contributed by atoms with Crippen molar-refractivity contribution in [3.63, 3.8) is 0 Å². The second kappa shape index (κ2) is 4.55. The average Bonchev–Trinajstić information content (AvgIpc) is 2.42. The van der Waals surface area contributed by atoms with Crippen LogP contribution in [0.2, 0.25) is 0 Å². The van der Waals surface area contributed by atoms with Gasteiger partial charge in [0.2, 0.25) is 0 Å². The maximum atomic E-state index is 12.3. The smallest absolute Gasteiger partial charge is 0.748 e. The summed E-state index contributed by atoms with van der Waals surface area (Å²) in [6.07, 6.45) is 0. The third-order valence-electron chi connectivity index (χ3n) is 9.86. The molecule has 3 nitrogen and oxygen atoms in total. The molecule has 0 radical (unpaired) electrons. The maximum absolute atomic E-state index is 12.3. The van der Waals surface area contributed by atoms with E-state index >= 15 is 0 Å². The van der Waals surface area contributed by atoms with Crippen molar-refractivity contribution in [3.8, 4) is 0 Å². The van der Waals surface area contributed by atoms with Gasteiger partial charge in [-0.25, -0.2) is 8.42 Å². The summed E-state index contributed by atoms with van der Waals surface area (Å²) in [6, 6.07) is 0. The van der Waals surface area contributed by atoms with Gasteiger partial charge in [-0.15, -0.1) is 0 Å². The Hall–Kier alpha value is 0.910. The maximum Gasteiger partial charge on any atom is 1.00 e. The number of rotatable bonds is 1.